The van der Waals surface area contributed by atoms with E-state index >= 15 is 0 Å². The predicted molar refractivity (Wildman–Crippen MR) is 97.1 cm³/mol. The fourth-order valence-corrected chi connectivity index (χ4v) is 3.04. The molecule has 148 valence electrons. The number of Topliss-reactive ketones (excluding diaryl/α,β-unsaturated/α-hetero) is 1. The molecule has 8 heteroatoms. The van der Waals surface area contributed by atoms with E-state index in [4.69, 9.17) is 18.6 Å². The van der Waals surface area contributed by atoms with Gasteiger partial charge in [-0.25, -0.2) is 0 Å². The van der Waals surface area contributed by atoms with E-state index in [1.807, 2.05) is 0 Å². The number of carbonyl (C=O) groups is 3. The average molecular weight is 387 g/mol. The number of furan rings is 1. The number of rotatable bonds is 8. The molecular formula is C20H21NO7. The Hall–Kier alpha value is -3.29. The van der Waals surface area contributed by atoms with Gasteiger partial charge < -0.3 is 23.5 Å². The number of methoxy groups -OCH3 is 2. The quantitative estimate of drug-likeness (QED) is 0.505. The summed E-state index contributed by atoms with van der Waals surface area (Å²) in [4.78, 5) is 38.4. The highest BCUT2D eigenvalue weighted by atomic mass is 16.5. The maximum atomic E-state index is 12.4. The molecule has 1 aliphatic heterocycles. The molecule has 2 aromatic rings. The van der Waals surface area contributed by atoms with Crippen LogP contribution in [0.2, 0.25) is 0 Å². The first-order chi connectivity index (χ1) is 13.5. The van der Waals surface area contributed by atoms with Crippen LogP contribution in [0.1, 0.15) is 22.5 Å². The standard InChI is InChI=1S/C20H21NO7/c1-25-14-5-6-18(26-2)16(9-14)17(22)12-28-20(24)13-8-19(23)21(10-13)11-15-4-3-7-27-15/h3-7,9,13H,8,10-12H2,1-2H3/t13-/m0/s1. The Morgan fingerprint density at radius 1 is 1.21 bits per heavy atom. The summed E-state index contributed by atoms with van der Waals surface area (Å²) in [6.07, 6.45) is 1.58. The summed E-state index contributed by atoms with van der Waals surface area (Å²) in [6.45, 7) is 0.0931. The number of hydrogen-bond donors (Lipinski definition) is 0. The first-order valence-corrected chi connectivity index (χ1v) is 8.74. The fourth-order valence-electron chi connectivity index (χ4n) is 3.04. The van der Waals surface area contributed by atoms with Crippen molar-refractivity contribution in [2.45, 2.75) is 13.0 Å². The van der Waals surface area contributed by atoms with Crippen molar-refractivity contribution in [1.29, 1.82) is 0 Å². The lowest BCUT2D eigenvalue weighted by Gasteiger charge is -2.15. The van der Waals surface area contributed by atoms with Gasteiger partial charge in [0.25, 0.3) is 0 Å². The molecule has 1 atom stereocenters. The number of amides is 1. The highest BCUT2D eigenvalue weighted by Gasteiger charge is 2.36. The van der Waals surface area contributed by atoms with Crippen LogP contribution in [-0.2, 0) is 20.9 Å². The summed E-state index contributed by atoms with van der Waals surface area (Å²) in [5.41, 5.74) is 0.261. The monoisotopic (exact) mass is 387 g/mol. The van der Waals surface area contributed by atoms with Crippen LogP contribution in [-0.4, -0.2) is 49.9 Å². The van der Waals surface area contributed by atoms with E-state index in [2.05, 4.69) is 0 Å². The van der Waals surface area contributed by atoms with Crippen molar-refractivity contribution in [2.75, 3.05) is 27.4 Å². The zero-order valence-electron chi connectivity index (χ0n) is 15.7. The van der Waals surface area contributed by atoms with Gasteiger partial charge in [0.05, 0.1) is 38.5 Å². The summed E-state index contributed by atoms with van der Waals surface area (Å²) in [5.74, 6) is -0.261. The largest absolute Gasteiger partial charge is 0.497 e. The van der Waals surface area contributed by atoms with E-state index in [0.717, 1.165) is 0 Å². The molecule has 3 rings (SSSR count). The molecule has 1 saturated heterocycles. The molecule has 0 unspecified atom stereocenters. The molecule has 0 spiro atoms. The first-order valence-electron chi connectivity index (χ1n) is 8.74. The lowest BCUT2D eigenvalue weighted by molar-refractivity contribution is -0.147. The van der Waals surface area contributed by atoms with Crippen LogP contribution < -0.4 is 9.47 Å². The molecule has 0 bridgehead atoms. The molecule has 0 radical (unpaired) electrons. The predicted octanol–water partition coefficient (Wildman–Crippen LogP) is 2.07. The maximum Gasteiger partial charge on any atom is 0.311 e. The van der Waals surface area contributed by atoms with Gasteiger partial charge in [0, 0.05) is 13.0 Å². The Morgan fingerprint density at radius 3 is 2.71 bits per heavy atom. The molecule has 1 aromatic heterocycles. The number of ketones is 1. The number of likely N-dealkylation sites (tertiary alicyclic amines) is 1. The average Bonchev–Trinajstić information content (AvgIpc) is 3.35. The van der Waals surface area contributed by atoms with Crippen molar-refractivity contribution >= 4 is 17.7 Å². The summed E-state index contributed by atoms with van der Waals surface area (Å²) in [7, 11) is 2.93. The highest BCUT2D eigenvalue weighted by molar-refractivity contribution is 6.01. The Kier molecular flexibility index (Phi) is 5.98. The molecule has 0 saturated carbocycles. The third-order valence-electron chi connectivity index (χ3n) is 4.53. The Morgan fingerprint density at radius 2 is 2.04 bits per heavy atom. The lowest BCUT2D eigenvalue weighted by atomic mass is 10.1. The minimum Gasteiger partial charge on any atom is -0.497 e. The van der Waals surface area contributed by atoms with E-state index in [0.29, 0.717) is 23.8 Å². The van der Waals surface area contributed by atoms with Crippen molar-refractivity contribution in [3.8, 4) is 11.5 Å². The van der Waals surface area contributed by atoms with Gasteiger partial charge in [-0.1, -0.05) is 0 Å². The molecule has 1 aromatic carbocycles. The SMILES string of the molecule is COc1ccc(OC)c(C(=O)COC(=O)[C@H]2CC(=O)N(Cc3ccco3)C2)c1. The van der Waals surface area contributed by atoms with Crippen LogP contribution in [0.25, 0.3) is 0 Å². The van der Waals surface area contributed by atoms with Gasteiger partial charge in [-0.2, -0.15) is 0 Å². The second-order valence-corrected chi connectivity index (χ2v) is 6.35. The van der Waals surface area contributed by atoms with Crippen LogP contribution in [0.5, 0.6) is 11.5 Å². The summed E-state index contributed by atoms with van der Waals surface area (Å²) in [6, 6.07) is 8.30. The van der Waals surface area contributed by atoms with E-state index in [-0.39, 0.29) is 24.4 Å². The molecule has 1 fully saturated rings. The van der Waals surface area contributed by atoms with Gasteiger partial charge in [0.2, 0.25) is 11.7 Å². The number of esters is 1. The molecule has 0 N–H and O–H groups in total. The van der Waals surface area contributed by atoms with E-state index in [1.165, 1.54) is 31.4 Å². The molecule has 2 heterocycles. The van der Waals surface area contributed by atoms with Crippen molar-refractivity contribution in [3.05, 3.63) is 47.9 Å². The van der Waals surface area contributed by atoms with Gasteiger partial charge in [-0.15, -0.1) is 0 Å². The number of nitrogens with zero attached hydrogens (tertiary/aromatic N) is 1. The third kappa shape index (κ3) is 4.33. The number of benzene rings is 1. The van der Waals surface area contributed by atoms with Gasteiger partial charge in [-0.3, -0.25) is 14.4 Å². The van der Waals surface area contributed by atoms with Crippen molar-refractivity contribution in [1.82, 2.24) is 4.90 Å². The molecular weight excluding hydrogens is 366 g/mol. The topological polar surface area (TPSA) is 95.3 Å². The van der Waals surface area contributed by atoms with Crippen LogP contribution in [0.15, 0.2) is 41.0 Å². The Balaban J connectivity index is 1.57. The van der Waals surface area contributed by atoms with Gasteiger partial charge in [0.1, 0.15) is 17.3 Å². The van der Waals surface area contributed by atoms with Crippen LogP contribution in [0.3, 0.4) is 0 Å². The summed E-state index contributed by atoms with van der Waals surface area (Å²) >= 11 is 0. The molecule has 28 heavy (non-hydrogen) atoms. The van der Waals surface area contributed by atoms with Gasteiger partial charge in [-0.05, 0) is 30.3 Å². The molecule has 1 aliphatic rings. The fraction of sp³-hybridized carbons (Fsp3) is 0.350. The molecule has 0 aliphatic carbocycles. The first kappa shape index (κ1) is 19.5. The zero-order valence-corrected chi connectivity index (χ0v) is 15.7. The van der Waals surface area contributed by atoms with Crippen molar-refractivity contribution in [2.24, 2.45) is 5.92 Å². The van der Waals surface area contributed by atoms with Gasteiger partial charge >= 0.3 is 5.97 Å². The number of hydrogen-bond acceptors (Lipinski definition) is 7. The third-order valence-corrected chi connectivity index (χ3v) is 4.53. The lowest BCUT2D eigenvalue weighted by Crippen LogP contribution is -2.27. The van der Waals surface area contributed by atoms with Crippen molar-refractivity contribution in [3.63, 3.8) is 0 Å². The minimum atomic E-state index is -0.609. The molecule has 1 amide bonds. The van der Waals surface area contributed by atoms with E-state index < -0.39 is 24.3 Å². The van der Waals surface area contributed by atoms with E-state index in [9.17, 15) is 14.4 Å². The Bertz CT molecular complexity index is 859. The van der Waals surface area contributed by atoms with Crippen LogP contribution in [0.4, 0.5) is 0 Å². The zero-order chi connectivity index (χ0) is 20.1. The number of ether oxygens (including phenoxy) is 3. The normalized spacial score (nSPS) is 16.1. The smallest absolute Gasteiger partial charge is 0.311 e. The summed E-state index contributed by atoms with van der Waals surface area (Å²) in [5, 5.41) is 0. The van der Waals surface area contributed by atoms with Crippen molar-refractivity contribution < 1.29 is 33.0 Å². The minimum absolute atomic E-state index is 0.0518. The number of carbonyl (C=O) groups excluding carboxylic acids is 3. The van der Waals surface area contributed by atoms with Crippen LogP contribution >= 0.6 is 0 Å². The van der Waals surface area contributed by atoms with E-state index in [1.54, 1.807) is 24.3 Å². The second-order valence-electron chi connectivity index (χ2n) is 6.35. The Labute approximate surface area is 162 Å². The maximum absolute atomic E-state index is 12.4. The van der Waals surface area contributed by atoms with Gasteiger partial charge in [0.15, 0.2) is 6.61 Å². The summed E-state index contributed by atoms with van der Waals surface area (Å²) < 4.78 is 20.7. The molecule has 8 nitrogen and oxygen atoms in total. The highest BCUT2D eigenvalue weighted by Crippen LogP contribution is 2.25. The van der Waals surface area contributed by atoms with Crippen LogP contribution in [0, 0.1) is 5.92 Å². The second kappa shape index (κ2) is 8.60.